The zero-order valence-corrected chi connectivity index (χ0v) is 15.5. The number of hydrogen-bond acceptors (Lipinski definition) is 2. The molecule has 1 aromatic carbocycles. The fraction of sp³-hybridized carbons (Fsp3) is 0.286. The Morgan fingerprint density at radius 1 is 1.35 bits per heavy atom. The third-order valence-corrected chi connectivity index (χ3v) is 6.49. The molecule has 1 nitrogen and oxygen atoms in total. The van der Waals surface area contributed by atoms with Crippen molar-refractivity contribution >= 4 is 54.8 Å². The molecule has 108 valence electrons. The summed E-state index contributed by atoms with van der Waals surface area (Å²) < 4.78 is 15.9. The van der Waals surface area contributed by atoms with Gasteiger partial charge in [-0.1, -0.05) is 18.5 Å². The summed E-state index contributed by atoms with van der Waals surface area (Å²) in [5, 5.41) is 3.95. The molecule has 6 heteroatoms. The summed E-state index contributed by atoms with van der Waals surface area (Å²) in [7, 11) is 0. The predicted octanol–water partition coefficient (Wildman–Crippen LogP) is 5.96. The molecule has 0 spiro atoms. The number of benzene rings is 1. The van der Waals surface area contributed by atoms with Crippen LogP contribution >= 0.6 is 54.8 Å². The maximum Gasteiger partial charge on any atom is 0.126 e. The molecule has 0 saturated carbocycles. The van der Waals surface area contributed by atoms with E-state index in [4.69, 9.17) is 11.6 Å². The fourth-order valence-electron chi connectivity index (χ4n) is 1.97. The van der Waals surface area contributed by atoms with Gasteiger partial charge in [0.1, 0.15) is 5.82 Å². The molecule has 1 atom stereocenters. The summed E-state index contributed by atoms with van der Waals surface area (Å²) in [5.41, 5.74) is 0.629. The third-order valence-electron chi connectivity index (χ3n) is 2.89. The van der Waals surface area contributed by atoms with Gasteiger partial charge in [-0.2, -0.15) is 0 Å². The topological polar surface area (TPSA) is 12.0 Å². The molecule has 0 fully saturated rings. The summed E-state index contributed by atoms with van der Waals surface area (Å²) in [5.74, 6) is -0.216. The molecule has 0 saturated heterocycles. The molecule has 0 bridgehead atoms. The lowest BCUT2D eigenvalue weighted by Crippen LogP contribution is -2.22. The van der Waals surface area contributed by atoms with Gasteiger partial charge in [-0.15, -0.1) is 11.3 Å². The van der Waals surface area contributed by atoms with E-state index >= 15 is 0 Å². The third kappa shape index (κ3) is 4.04. The van der Waals surface area contributed by atoms with Gasteiger partial charge >= 0.3 is 0 Å². The van der Waals surface area contributed by atoms with Crippen LogP contribution in [0.4, 0.5) is 4.39 Å². The van der Waals surface area contributed by atoms with Gasteiger partial charge in [0.15, 0.2) is 0 Å². The quantitative estimate of drug-likeness (QED) is 0.604. The van der Waals surface area contributed by atoms with Crippen LogP contribution in [0.25, 0.3) is 0 Å². The highest BCUT2D eigenvalue weighted by Gasteiger charge is 2.17. The Morgan fingerprint density at radius 2 is 2.10 bits per heavy atom. The lowest BCUT2D eigenvalue weighted by molar-refractivity contribution is 0.534. The van der Waals surface area contributed by atoms with Crippen molar-refractivity contribution in [1.82, 2.24) is 5.32 Å². The SMILES string of the molecule is CCNC(Cc1cc(Cl)ccc1F)c1cc(Br)c(Br)s1. The minimum absolute atomic E-state index is 0.0700. The number of thiophene rings is 1. The summed E-state index contributed by atoms with van der Waals surface area (Å²) in [4.78, 5) is 1.16. The van der Waals surface area contributed by atoms with Crippen LogP contribution in [-0.4, -0.2) is 6.54 Å². The minimum Gasteiger partial charge on any atom is -0.309 e. The first-order valence-electron chi connectivity index (χ1n) is 6.13. The molecule has 0 aliphatic carbocycles. The Labute approximate surface area is 143 Å². The highest BCUT2D eigenvalue weighted by atomic mass is 79.9. The number of likely N-dealkylation sites (N-methyl/N-ethyl adjacent to an activating group) is 1. The monoisotopic (exact) mass is 439 g/mol. The summed E-state index contributed by atoms with van der Waals surface area (Å²) in [6.07, 6.45) is 0.569. The molecule has 1 heterocycles. The first kappa shape index (κ1) is 16.4. The lowest BCUT2D eigenvalue weighted by Gasteiger charge is -2.17. The summed E-state index contributed by atoms with van der Waals surface area (Å²) in [6.45, 7) is 2.86. The molecule has 0 aliphatic rings. The molecular weight excluding hydrogens is 428 g/mol. The van der Waals surface area contributed by atoms with Crippen LogP contribution in [0.15, 0.2) is 32.5 Å². The Hall–Kier alpha value is 0.0600. The van der Waals surface area contributed by atoms with Crippen molar-refractivity contribution in [1.29, 1.82) is 0 Å². The van der Waals surface area contributed by atoms with Crippen molar-refractivity contribution in [2.75, 3.05) is 6.54 Å². The number of rotatable bonds is 5. The van der Waals surface area contributed by atoms with Crippen LogP contribution in [0.2, 0.25) is 5.02 Å². The molecule has 20 heavy (non-hydrogen) atoms. The van der Waals surface area contributed by atoms with Crippen molar-refractivity contribution in [3.63, 3.8) is 0 Å². The van der Waals surface area contributed by atoms with E-state index in [0.717, 1.165) is 19.7 Å². The zero-order chi connectivity index (χ0) is 14.7. The maximum atomic E-state index is 13.9. The average Bonchev–Trinajstić information content (AvgIpc) is 2.73. The molecule has 1 aromatic heterocycles. The zero-order valence-electron chi connectivity index (χ0n) is 10.7. The number of halogens is 4. The molecule has 0 radical (unpaired) electrons. The summed E-state index contributed by atoms with van der Waals surface area (Å²) in [6, 6.07) is 6.81. The van der Waals surface area contributed by atoms with E-state index < -0.39 is 0 Å². The van der Waals surface area contributed by atoms with Crippen LogP contribution in [0, 0.1) is 5.82 Å². The highest BCUT2D eigenvalue weighted by molar-refractivity contribution is 9.13. The Morgan fingerprint density at radius 3 is 2.70 bits per heavy atom. The lowest BCUT2D eigenvalue weighted by atomic mass is 10.0. The average molecular weight is 442 g/mol. The number of hydrogen-bond donors (Lipinski definition) is 1. The molecule has 1 N–H and O–H groups in total. The van der Waals surface area contributed by atoms with E-state index in [9.17, 15) is 4.39 Å². The van der Waals surface area contributed by atoms with E-state index in [0.29, 0.717) is 17.0 Å². The van der Waals surface area contributed by atoms with Gasteiger partial charge in [-0.25, -0.2) is 4.39 Å². The molecule has 2 rings (SSSR count). The van der Waals surface area contributed by atoms with Crippen molar-refractivity contribution in [3.05, 3.63) is 53.8 Å². The Bertz CT molecular complexity index is 583. The normalized spacial score (nSPS) is 12.7. The van der Waals surface area contributed by atoms with Crippen molar-refractivity contribution in [2.24, 2.45) is 0 Å². The van der Waals surface area contributed by atoms with Gasteiger partial charge in [-0.3, -0.25) is 0 Å². The van der Waals surface area contributed by atoms with Crippen molar-refractivity contribution < 1.29 is 4.39 Å². The molecule has 0 aliphatic heterocycles. The van der Waals surface area contributed by atoms with Crippen LogP contribution in [0.1, 0.15) is 23.4 Å². The second kappa shape index (κ2) is 7.36. The largest absolute Gasteiger partial charge is 0.309 e. The van der Waals surface area contributed by atoms with Gasteiger partial charge in [0, 0.05) is 20.4 Å². The second-order valence-electron chi connectivity index (χ2n) is 4.32. The van der Waals surface area contributed by atoms with Crippen LogP contribution in [0.3, 0.4) is 0 Å². The minimum atomic E-state index is -0.216. The molecule has 0 amide bonds. The Kier molecular flexibility index (Phi) is 6.05. The van der Waals surface area contributed by atoms with Gasteiger partial charge in [0.2, 0.25) is 0 Å². The first-order chi connectivity index (χ1) is 9.51. The van der Waals surface area contributed by atoms with E-state index in [1.165, 1.54) is 6.07 Å². The second-order valence-corrected chi connectivity index (χ2v) is 8.01. The highest BCUT2D eigenvalue weighted by Crippen LogP contribution is 2.36. The van der Waals surface area contributed by atoms with E-state index in [1.807, 2.05) is 6.92 Å². The van der Waals surface area contributed by atoms with Crippen molar-refractivity contribution in [2.45, 2.75) is 19.4 Å². The molecule has 2 aromatic rings. The predicted molar refractivity (Wildman–Crippen MR) is 91.3 cm³/mol. The number of nitrogens with one attached hydrogen (secondary N) is 1. The standard InChI is InChI=1S/C14H13Br2ClFNS/c1-2-19-12(13-7-10(15)14(16)20-13)6-8-5-9(17)3-4-11(8)18/h3-5,7,12,19H,2,6H2,1H3. The first-order valence-corrected chi connectivity index (χ1v) is 8.91. The van der Waals surface area contributed by atoms with Crippen LogP contribution in [0.5, 0.6) is 0 Å². The van der Waals surface area contributed by atoms with Gasteiger partial charge in [-0.05, 0) is 74.7 Å². The fourth-order valence-corrected chi connectivity index (χ4v) is 4.33. The van der Waals surface area contributed by atoms with Gasteiger partial charge in [0.25, 0.3) is 0 Å². The van der Waals surface area contributed by atoms with E-state index in [-0.39, 0.29) is 11.9 Å². The van der Waals surface area contributed by atoms with Crippen LogP contribution in [-0.2, 0) is 6.42 Å². The Balaban J connectivity index is 2.27. The molecule has 1 unspecified atom stereocenters. The smallest absolute Gasteiger partial charge is 0.126 e. The van der Waals surface area contributed by atoms with E-state index in [1.54, 1.807) is 23.5 Å². The van der Waals surface area contributed by atoms with Gasteiger partial charge in [0.05, 0.1) is 3.79 Å². The van der Waals surface area contributed by atoms with Crippen molar-refractivity contribution in [3.8, 4) is 0 Å². The van der Waals surface area contributed by atoms with Crippen LogP contribution < -0.4 is 5.32 Å². The van der Waals surface area contributed by atoms with Gasteiger partial charge < -0.3 is 5.32 Å². The van der Waals surface area contributed by atoms with E-state index in [2.05, 4.69) is 43.2 Å². The summed E-state index contributed by atoms with van der Waals surface area (Å²) >= 11 is 14.6. The molecular formula is C14H13Br2ClFNS. The maximum absolute atomic E-state index is 13.9.